The zero-order chi connectivity index (χ0) is 10.4. The molecule has 1 heterocycles. The van der Waals surface area contributed by atoms with Crippen LogP contribution in [0.25, 0.3) is 6.08 Å². The van der Waals surface area contributed by atoms with Crippen LogP contribution in [-0.2, 0) is 4.79 Å². The highest BCUT2D eigenvalue weighted by atomic mass is 16.4. The van der Waals surface area contributed by atoms with Crippen molar-refractivity contribution in [1.29, 1.82) is 0 Å². The molecule has 14 heavy (non-hydrogen) atoms. The Morgan fingerprint density at radius 1 is 1.57 bits per heavy atom. The van der Waals surface area contributed by atoms with Gasteiger partial charge in [0.25, 0.3) is 0 Å². The van der Waals surface area contributed by atoms with Gasteiger partial charge in [-0.1, -0.05) is 17.3 Å². The van der Waals surface area contributed by atoms with Gasteiger partial charge in [-0.25, -0.2) is 4.79 Å². The van der Waals surface area contributed by atoms with Gasteiger partial charge in [-0.15, -0.1) is 0 Å². The molecule has 1 aromatic heterocycles. The molecule has 2 N–H and O–H groups in total. The lowest BCUT2D eigenvalue weighted by Gasteiger charge is -1.91. The highest BCUT2D eigenvalue weighted by Crippen LogP contribution is 1.98. The van der Waals surface area contributed by atoms with Crippen LogP contribution in [0.3, 0.4) is 0 Å². The number of carboxylic acids is 1. The number of rotatable bonds is 3. The fraction of sp³-hybridized carbons (Fsp3) is 0. The van der Waals surface area contributed by atoms with Gasteiger partial charge in [-0.05, 0) is 17.7 Å². The highest BCUT2D eigenvalue weighted by Gasteiger charge is 2.04. The second-order valence-electron chi connectivity index (χ2n) is 2.41. The molecule has 0 aliphatic rings. The van der Waals surface area contributed by atoms with Crippen molar-refractivity contribution in [1.82, 2.24) is 4.98 Å². The van der Waals surface area contributed by atoms with Gasteiger partial charge >= 0.3 is 5.97 Å². The Hall–Kier alpha value is -2.17. The molecule has 0 saturated carbocycles. The molecule has 0 fully saturated rings. The Balaban J connectivity index is 2.78. The molecule has 0 spiro atoms. The maximum Gasteiger partial charge on any atom is 0.357 e. The molecule has 0 amide bonds. The van der Waals surface area contributed by atoms with Crippen molar-refractivity contribution < 1.29 is 15.1 Å². The van der Waals surface area contributed by atoms with Crippen molar-refractivity contribution in [2.24, 2.45) is 5.16 Å². The van der Waals surface area contributed by atoms with E-state index in [9.17, 15) is 4.79 Å². The Kier molecular flexibility index (Phi) is 3.37. The number of oxime groups is 1. The SMILES string of the molecule is O=C(O)C(/C=C/c1cccnc1)=N\O. The van der Waals surface area contributed by atoms with Gasteiger partial charge in [0.1, 0.15) is 0 Å². The average molecular weight is 192 g/mol. The third-order valence-corrected chi connectivity index (χ3v) is 1.44. The summed E-state index contributed by atoms with van der Waals surface area (Å²) in [6.45, 7) is 0. The van der Waals surface area contributed by atoms with E-state index in [1.54, 1.807) is 24.5 Å². The first-order valence-corrected chi connectivity index (χ1v) is 3.77. The van der Waals surface area contributed by atoms with Crippen LogP contribution < -0.4 is 0 Å². The molecular formula is C9H8N2O3. The molecule has 0 atom stereocenters. The fourth-order valence-electron chi connectivity index (χ4n) is 0.797. The molecule has 0 aromatic carbocycles. The smallest absolute Gasteiger partial charge is 0.357 e. The molecule has 0 aliphatic heterocycles. The number of aromatic nitrogens is 1. The first-order valence-electron chi connectivity index (χ1n) is 3.77. The molecule has 0 saturated heterocycles. The van der Waals surface area contributed by atoms with Crippen LogP contribution in [0, 0.1) is 0 Å². The van der Waals surface area contributed by atoms with Crippen molar-refractivity contribution in [3.05, 3.63) is 36.2 Å². The summed E-state index contributed by atoms with van der Waals surface area (Å²) in [5.74, 6) is -1.28. The zero-order valence-corrected chi connectivity index (χ0v) is 7.16. The predicted octanol–water partition coefficient (Wildman–Crippen LogP) is 1.01. The number of nitrogens with zero attached hydrogens (tertiary/aromatic N) is 2. The van der Waals surface area contributed by atoms with Crippen molar-refractivity contribution >= 4 is 17.8 Å². The highest BCUT2D eigenvalue weighted by molar-refractivity contribution is 6.40. The summed E-state index contributed by atoms with van der Waals surface area (Å²) >= 11 is 0. The van der Waals surface area contributed by atoms with Crippen molar-refractivity contribution in [3.8, 4) is 0 Å². The van der Waals surface area contributed by atoms with E-state index in [-0.39, 0.29) is 0 Å². The first-order chi connectivity index (χ1) is 6.74. The Morgan fingerprint density at radius 3 is 2.86 bits per heavy atom. The van der Waals surface area contributed by atoms with Crippen molar-refractivity contribution in [3.63, 3.8) is 0 Å². The number of pyridine rings is 1. The Bertz CT molecular complexity index is 371. The lowest BCUT2D eigenvalue weighted by molar-refractivity contribution is -0.129. The number of hydrogen-bond donors (Lipinski definition) is 2. The van der Waals surface area contributed by atoms with Crippen LogP contribution in [-0.4, -0.2) is 27.0 Å². The maximum absolute atomic E-state index is 10.4. The zero-order valence-electron chi connectivity index (χ0n) is 7.16. The minimum absolute atomic E-state index is 0.422. The topological polar surface area (TPSA) is 82.8 Å². The Morgan fingerprint density at radius 2 is 2.36 bits per heavy atom. The fourth-order valence-corrected chi connectivity index (χ4v) is 0.797. The standard InChI is InChI=1S/C9H8N2O3/c12-9(13)8(11-14)4-3-7-2-1-5-10-6-7/h1-6,14H,(H,12,13)/b4-3+,11-8-. The third-order valence-electron chi connectivity index (χ3n) is 1.44. The normalized spacial score (nSPS) is 11.9. The van der Waals surface area contributed by atoms with Gasteiger partial charge in [-0.2, -0.15) is 0 Å². The van der Waals surface area contributed by atoms with E-state index >= 15 is 0 Å². The summed E-state index contributed by atoms with van der Waals surface area (Å²) in [5.41, 5.74) is 0.309. The number of aliphatic carboxylic acids is 1. The second kappa shape index (κ2) is 4.76. The number of carboxylic acid groups (broad SMARTS) is 1. The summed E-state index contributed by atoms with van der Waals surface area (Å²) < 4.78 is 0. The van der Waals surface area contributed by atoms with E-state index < -0.39 is 11.7 Å². The molecule has 5 nitrogen and oxygen atoms in total. The van der Waals surface area contributed by atoms with Crippen LogP contribution in [0.15, 0.2) is 35.8 Å². The molecule has 1 aromatic rings. The van der Waals surface area contributed by atoms with Crippen molar-refractivity contribution in [2.45, 2.75) is 0 Å². The van der Waals surface area contributed by atoms with E-state index in [4.69, 9.17) is 10.3 Å². The summed E-state index contributed by atoms with van der Waals surface area (Å²) in [7, 11) is 0. The second-order valence-corrected chi connectivity index (χ2v) is 2.41. The maximum atomic E-state index is 10.4. The minimum Gasteiger partial charge on any atom is -0.476 e. The van der Waals surface area contributed by atoms with Crippen LogP contribution in [0.1, 0.15) is 5.56 Å². The minimum atomic E-state index is -1.28. The van der Waals surface area contributed by atoms with E-state index in [2.05, 4.69) is 10.1 Å². The number of hydrogen-bond acceptors (Lipinski definition) is 4. The van der Waals surface area contributed by atoms with Crippen LogP contribution in [0.2, 0.25) is 0 Å². The first kappa shape index (κ1) is 9.91. The molecule has 0 bridgehead atoms. The monoisotopic (exact) mass is 192 g/mol. The van der Waals surface area contributed by atoms with E-state index in [0.717, 1.165) is 5.56 Å². The summed E-state index contributed by atoms with van der Waals surface area (Å²) in [4.78, 5) is 14.2. The van der Waals surface area contributed by atoms with Crippen LogP contribution >= 0.6 is 0 Å². The van der Waals surface area contributed by atoms with Gasteiger partial charge in [-0.3, -0.25) is 4.98 Å². The molecule has 0 unspecified atom stereocenters. The lowest BCUT2D eigenvalue weighted by Crippen LogP contribution is -2.09. The average Bonchev–Trinajstić information content (AvgIpc) is 2.20. The van der Waals surface area contributed by atoms with Gasteiger partial charge < -0.3 is 10.3 Å². The summed E-state index contributed by atoms with van der Waals surface area (Å²) in [6.07, 6.45) is 5.86. The molecule has 1 rings (SSSR count). The van der Waals surface area contributed by atoms with Gasteiger partial charge in [0.15, 0.2) is 5.71 Å². The third kappa shape index (κ3) is 2.71. The quantitative estimate of drug-likeness (QED) is 0.425. The molecule has 5 heteroatoms. The molecular weight excluding hydrogens is 184 g/mol. The van der Waals surface area contributed by atoms with E-state index in [0.29, 0.717) is 0 Å². The van der Waals surface area contributed by atoms with Crippen molar-refractivity contribution in [2.75, 3.05) is 0 Å². The summed E-state index contributed by atoms with van der Waals surface area (Å²) in [5, 5.41) is 19.4. The lowest BCUT2D eigenvalue weighted by atomic mass is 10.2. The van der Waals surface area contributed by atoms with Gasteiger partial charge in [0.05, 0.1) is 0 Å². The molecule has 0 radical (unpaired) electrons. The van der Waals surface area contributed by atoms with E-state index in [1.807, 2.05) is 0 Å². The Labute approximate surface area is 80.0 Å². The number of carbonyl (C=O) groups is 1. The van der Waals surface area contributed by atoms with Gasteiger partial charge in [0.2, 0.25) is 0 Å². The summed E-state index contributed by atoms with van der Waals surface area (Å²) in [6, 6.07) is 3.47. The molecule has 72 valence electrons. The van der Waals surface area contributed by atoms with Crippen LogP contribution in [0.5, 0.6) is 0 Å². The van der Waals surface area contributed by atoms with Gasteiger partial charge in [0, 0.05) is 12.4 Å². The molecule has 0 aliphatic carbocycles. The largest absolute Gasteiger partial charge is 0.476 e. The van der Waals surface area contributed by atoms with E-state index in [1.165, 1.54) is 12.2 Å². The predicted molar refractivity (Wildman–Crippen MR) is 50.1 cm³/mol. The van der Waals surface area contributed by atoms with Crippen LogP contribution in [0.4, 0.5) is 0 Å².